The zero-order chi connectivity index (χ0) is 19.2. The van der Waals surface area contributed by atoms with Crippen LogP contribution in [-0.4, -0.2) is 36.1 Å². The number of alkyl halides is 2. The molecule has 0 saturated carbocycles. The predicted molar refractivity (Wildman–Crippen MR) is 99.5 cm³/mol. The third-order valence-corrected chi connectivity index (χ3v) is 4.60. The molecule has 1 aliphatic rings. The molecule has 0 fully saturated rings. The van der Waals surface area contributed by atoms with Crippen molar-refractivity contribution in [1.29, 1.82) is 0 Å². The second-order valence-electron chi connectivity index (χ2n) is 6.52. The van der Waals surface area contributed by atoms with Gasteiger partial charge in [-0.2, -0.15) is 0 Å². The first-order valence-electron chi connectivity index (χ1n) is 9.03. The van der Waals surface area contributed by atoms with E-state index < -0.39 is 6.43 Å². The maximum atomic E-state index is 12.9. The maximum absolute atomic E-state index is 12.9. The van der Waals surface area contributed by atoms with Gasteiger partial charge in [0.1, 0.15) is 11.5 Å². The van der Waals surface area contributed by atoms with Crippen LogP contribution in [0.3, 0.4) is 0 Å². The number of ketones is 1. The highest BCUT2D eigenvalue weighted by molar-refractivity contribution is 6.05. The molecule has 0 bridgehead atoms. The fourth-order valence-corrected chi connectivity index (χ4v) is 3.25. The number of hydrogen-bond acceptors (Lipinski definition) is 4. The molecule has 1 aromatic heterocycles. The van der Waals surface area contributed by atoms with E-state index >= 15 is 0 Å². The third kappa shape index (κ3) is 4.83. The fraction of sp³-hybridized carbons (Fsp3) is 0.381. The molecule has 1 aliphatic heterocycles. The largest absolute Gasteiger partial charge is 0.381 e. The standard InChI is InChI=1S/C21H22F2N2O2/c1-2-27-13-16(14-6-4-3-5-7-14)9-18(26)10-17-8-15-11-25-20(21(22)23)19(15)12-24-17/h3-8,12,16,21H,2,9-11,13H2,1H3/t16-/m1/s1. The van der Waals surface area contributed by atoms with Gasteiger partial charge in [-0.25, -0.2) is 8.78 Å². The number of ether oxygens (including phenoxy) is 1. The van der Waals surface area contributed by atoms with E-state index in [9.17, 15) is 13.6 Å². The van der Waals surface area contributed by atoms with Crippen molar-refractivity contribution >= 4 is 11.5 Å². The van der Waals surface area contributed by atoms with Crippen LogP contribution in [0, 0.1) is 0 Å². The van der Waals surface area contributed by atoms with Gasteiger partial charge in [0.2, 0.25) is 0 Å². The van der Waals surface area contributed by atoms with Crippen molar-refractivity contribution in [2.75, 3.05) is 13.2 Å². The van der Waals surface area contributed by atoms with Crippen molar-refractivity contribution in [3.8, 4) is 0 Å². The van der Waals surface area contributed by atoms with Gasteiger partial charge in [-0.3, -0.25) is 14.8 Å². The number of pyridine rings is 1. The number of carbonyl (C=O) groups is 1. The topological polar surface area (TPSA) is 51.5 Å². The maximum Gasteiger partial charge on any atom is 0.280 e. The first kappa shape index (κ1) is 19.3. The minimum atomic E-state index is -2.61. The summed E-state index contributed by atoms with van der Waals surface area (Å²) in [6.07, 6.45) is -0.676. The van der Waals surface area contributed by atoms with Gasteiger partial charge in [0.25, 0.3) is 6.43 Å². The van der Waals surface area contributed by atoms with E-state index in [1.54, 1.807) is 6.07 Å². The Labute approximate surface area is 157 Å². The Hall–Kier alpha value is -2.47. The molecule has 2 heterocycles. The van der Waals surface area contributed by atoms with Crippen molar-refractivity contribution in [2.45, 2.75) is 38.7 Å². The molecule has 0 N–H and O–H groups in total. The van der Waals surface area contributed by atoms with Crippen molar-refractivity contribution < 1.29 is 18.3 Å². The summed E-state index contributed by atoms with van der Waals surface area (Å²) in [4.78, 5) is 20.7. The lowest BCUT2D eigenvalue weighted by molar-refractivity contribution is -0.119. The number of nitrogens with zero attached hydrogens (tertiary/aromatic N) is 2. The Bertz CT molecular complexity index is 822. The fourth-order valence-electron chi connectivity index (χ4n) is 3.25. The summed E-state index contributed by atoms with van der Waals surface area (Å²) in [6, 6.07) is 11.5. The number of aliphatic imine (C=N–C) groups is 1. The Morgan fingerprint density at radius 3 is 2.74 bits per heavy atom. The molecular formula is C21H22F2N2O2. The number of hydrogen-bond donors (Lipinski definition) is 0. The second kappa shape index (κ2) is 8.95. The van der Waals surface area contributed by atoms with Crippen molar-refractivity contribution in [3.63, 3.8) is 0 Å². The summed E-state index contributed by atoms with van der Waals surface area (Å²) in [5.74, 6) is 0.0332. The van der Waals surface area contributed by atoms with E-state index in [4.69, 9.17) is 4.74 Å². The Morgan fingerprint density at radius 1 is 1.26 bits per heavy atom. The van der Waals surface area contributed by atoms with Crippen molar-refractivity contribution in [3.05, 3.63) is 65.0 Å². The number of Topliss-reactive ketones (excluding diaryl/α,β-unsaturated/α-hetero) is 1. The second-order valence-corrected chi connectivity index (χ2v) is 6.52. The zero-order valence-corrected chi connectivity index (χ0v) is 15.2. The lowest BCUT2D eigenvalue weighted by Crippen LogP contribution is -2.16. The Balaban J connectivity index is 1.66. The number of aromatic nitrogens is 1. The molecule has 6 heteroatoms. The number of rotatable bonds is 9. The smallest absolute Gasteiger partial charge is 0.280 e. The normalized spacial score (nSPS) is 14.1. The van der Waals surface area contributed by atoms with E-state index in [2.05, 4.69) is 9.98 Å². The molecule has 1 aromatic carbocycles. The van der Waals surface area contributed by atoms with Crippen LogP contribution in [-0.2, 0) is 22.5 Å². The van der Waals surface area contributed by atoms with E-state index in [0.29, 0.717) is 36.5 Å². The predicted octanol–water partition coefficient (Wildman–Crippen LogP) is 3.97. The van der Waals surface area contributed by atoms with Crippen LogP contribution >= 0.6 is 0 Å². The number of benzene rings is 1. The first-order chi connectivity index (χ1) is 13.1. The summed E-state index contributed by atoms with van der Waals surface area (Å²) in [6.45, 7) is 3.22. The highest BCUT2D eigenvalue weighted by Gasteiger charge is 2.24. The minimum absolute atomic E-state index is 0.0122. The molecule has 3 rings (SSSR count). The van der Waals surface area contributed by atoms with Crippen LogP contribution in [0.4, 0.5) is 8.78 Å². The van der Waals surface area contributed by atoms with Crippen LogP contribution in [0.1, 0.15) is 41.6 Å². The molecule has 0 spiro atoms. The van der Waals surface area contributed by atoms with Gasteiger partial charge < -0.3 is 4.74 Å². The zero-order valence-electron chi connectivity index (χ0n) is 15.2. The molecule has 142 valence electrons. The van der Waals surface area contributed by atoms with Gasteiger partial charge in [-0.1, -0.05) is 30.3 Å². The molecular weight excluding hydrogens is 350 g/mol. The quantitative estimate of drug-likeness (QED) is 0.669. The van der Waals surface area contributed by atoms with Gasteiger partial charge in [-0.05, 0) is 24.1 Å². The SMILES string of the molecule is CCOC[C@@H](CC(=O)Cc1cc2c(cn1)C(C(F)F)=NC2)c1ccccc1. The molecule has 0 saturated heterocycles. The molecule has 2 aromatic rings. The Kier molecular flexibility index (Phi) is 6.40. The van der Waals surface area contributed by atoms with Crippen molar-refractivity contribution in [2.24, 2.45) is 4.99 Å². The average Bonchev–Trinajstić information content (AvgIpc) is 3.09. The van der Waals surface area contributed by atoms with Gasteiger partial charge in [0.15, 0.2) is 0 Å². The number of fused-ring (bicyclic) bond motifs is 1. The van der Waals surface area contributed by atoms with Gasteiger partial charge in [-0.15, -0.1) is 0 Å². The lowest BCUT2D eigenvalue weighted by atomic mass is 9.93. The van der Waals surface area contributed by atoms with E-state index in [-0.39, 0.29) is 30.4 Å². The van der Waals surface area contributed by atoms with Crippen LogP contribution in [0.15, 0.2) is 47.6 Å². The summed E-state index contributed by atoms with van der Waals surface area (Å²) in [7, 11) is 0. The summed E-state index contributed by atoms with van der Waals surface area (Å²) >= 11 is 0. The molecule has 1 atom stereocenters. The molecule has 0 unspecified atom stereocenters. The summed E-state index contributed by atoms with van der Waals surface area (Å²) in [5, 5.41) is 0. The molecule has 0 radical (unpaired) electrons. The van der Waals surface area contributed by atoms with Crippen molar-refractivity contribution in [1.82, 2.24) is 4.98 Å². The molecule has 0 aliphatic carbocycles. The van der Waals surface area contributed by atoms with Crippen LogP contribution in [0.5, 0.6) is 0 Å². The third-order valence-electron chi connectivity index (χ3n) is 4.60. The van der Waals surface area contributed by atoms with Crippen LogP contribution in [0.25, 0.3) is 0 Å². The number of halogens is 2. The van der Waals surface area contributed by atoms with Gasteiger partial charge in [0.05, 0.1) is 13.2 Å². The minimum Gasteiger partial charge on any atom is -0.381 e. The summed E-state index contributed by atoms with van der Waals surface area (Å²) < 4.78 is 31.4. The van der Waals surface area contributed by atoms with Gasteiger partial charge in [0, 0.05) is 42.8 Å². The van der Waals surface area contributed by atoms with E-state index in [1.165, 1.54) is 6.20 Å². The molecule has 0 amide bonds. The highest BCUT2D eigenvalue weighted by atomic mass is 19.3. The highest BCUT2D eigenvalue weighted by Crippen LogP contribution is 2.24. The van der Waals surface area contributed by atoms with E-state index in [0.717, 1.165) is 5.56 Å². The van der Waals surface area contributed by atoms with Gasteiger partial charge >= 0.3 is 0 Å². The summed E-state index contributed by atoms with van der Waals surface area (Å²) in [5.41, 5.74) is 2.54. The monoisotopic (exact) mass is 372 g/mol. The van der Waals surface area contributed by atoms with Crippen LogP contribution in [0.2, 0.25) is 0 Å². The molecule has 27 heavy (non-hydrogen) atoms. The number of carbonyl (C=O) groups excluding carboxylic acids is 1. The average molecular weight is 372 g/mol. The van der Waals surface area contributed by atoms with E-state index in [1.807, 2.05) is 37.3 Å². The first-order valence-corrected chi connectivity index (χ1v) is 9.03. The van der Waals surface area contributed by atoms with Crippen LogP contribution < -0.4 is 0 Å². The Morgan fingerprint density at radius 2 is 2.04 bits per heavy atom. The lowest BCUT2D eigenvalue weighted by Gasteiger charge is -2.16. The molecule has 4 nitrogen and oxygen atoms in total.